The van der Waals surface area contributed by atoms with Crippen molar-refractivity contribution in [2.24, 2.45) is 0 Å². The molecule has 0 saturated heterocycles. The molecule has 6 heteroatoms. The molecule has 0 bridgehead atoms. The maximum Gasteiger partial charge on any atom is 0.264 e. The number of alkyl halides is 1. The fraction of sp³-hybridized carbons (Fsp3) is 0.214. The molecule has 0 unspecified atom stereocenters. The van der Waals surface area contributed by atoms with Crippen LogP contribution in [0, 0.1) is 0 Å². The molecule has 0 spiro atoms. The summed E-state index contributed by atoms with van der Waals surface area (Å²) in [6, 6.07) is 12.3. The molecule has 106 valence electrons. The summed E-state index contributed by atoms with van der Waals surface area (Å²) in [4.78, 5) is 11.6. The maximum absolute atomic E-state index is 12.1. The Kier molecular flexibility index (Phi) is 4.77. The Hall–Kier alpha value is -1.40. The van der Waals surface area contributed by atoms with Crippen LogP contribution in [0.2, 0.25) is 0 Å². The lowest BCUT2D eigenvalue weighted by atomic mass is 10.1. The van der Waals surface area contributed by atoms with Crippen molar-refractivity contribution >= 4 is 42.6 Å². The first-order chi connectivity index (χ1) is 9.53. The number of amides is 1. The Labute approximate surface area is 126 Å². The number of carbonyl (C=O) groups is 1. The molecule has 4 nitrogen and oxygen atoms in total. The zero-order valence-electron chi connectivity index (χ0n) is 10.7. The van der Waals surface area contributed by atoms with Gasteiger partial charge in [0.25, 0.3) is 10.0 Å². The highest BCUT2D eigenvalue weighted by atomic mass is 79.9. The number of carbonyl (C=O) groups excluding carboxylic acids is 1. The first kappa shape index (κ1) is 15.0. The average Bonchev–Trinajstić information content (AvgIpc) is 2.44. The van der Waals surface area contributed by atoms with E-state index in [2.05, 4.69) is 20.7 Å². The molecule has 1 amide bonds. The van der Waals surface area contributed by atoms with Crippen LogP contribution in [0.15, 0.2) is 47.4 Å². The van der Waals surface area contributed by atoms with E-state index < -0.39 is 15.9 Å². The van der Waals surface area contributed by atoms with Crippen LogP contribution in [-0.4, -0.2) is 19.7 Å². The number of sulfonamides is 1. The van der Waals surface area contributed by atoms with E-state index >= 15 is 0 Å². The number of hydrogen-bond donors (Lipinski definition) is 1. The third-order valence-electron chi connectivity index (χ3n) is 2.82. The van der Waals surface area contributed by atoms with Crippen LogP contribution < -0.4 is 4.72 Å². The minimum absolute atomic E-state index is 0.100. The molecule has 0 atom stereocenters. The standard InChI is InChI=1S/C14H14BrNO3S/c15-9-3-6-14(17)16-20(18,19)13-8-7-11-4-1-2-5-12(11)10-13/h1-2,4-5,7-8,10H,3,6,9H2,(H,16,17). The molecule has 0 saturated carbocycles. The van der Waals surface area contributed by atoms with Crippen molar-refractivity contribution in [1.29, 1.82) is 0 Å². The molecule has 0 aliphatic heterocycles. The Balaban J connectivity index is 2.25. The minimum Gasteiger partial charge on any atom is -0.274 e. The second-order valence-electron chi connectivity index (χ2n) is 4.33. The molecule has 0 aliphatic carbocycles. The van der Waals surface area contributed by atoms with Crippen molar-refractivity contribution in [3.05, 3.63) is 42.5 Å². The lowest BCUT2D eigenvalue weighted by Gasteiger charge is -2.07. The SMILES string of the molecule is O=C(CCCBr)NS(=O)(=O)c1ccc2ccccc2c1. The van der Waals surface area contributed by atoms with Crippen molar-refractivity contribution in [2.75, 3.05) is 5.33 Å². The van der Waals surface area contributed by atoms with Crippen molar-refractivity contribution in [3.8, 4) is 0 Å². The van der Waals surface area contributed by atoms with Gasteiger partial charge in [0, 0.05) is 11.8 Å². The number of halogens is 1. The van der Waals surface area contributed by atoms with E-state index in [1.807, 2.05) is 24.3 Å². The zero-order valence-corrected chi connectivity index (χ0v) is 13.1. The summed E-state index contributed by atoms with van der Waals surface area (Å²) in [6.45, 7) is 0. The second kappa shape index (κ2) is 6.37. The van der Waals surface area contributed by atoms with Gasteiger partial charge < -0.3 is 0 Å². The summed E-state index contributed by atoms with van der Waals surface area (Å²) in [5, 5.41) is 2.44. The molecule has 0 radical (unpaired) electrons. The van der Waals surface area contributed by atoms with Crippen LogP contribution in [0.4, 0.5) is 0 Å². The molecular weight excluding hydrogens is 342 g/mol. The Morgan fingerprint density at radius 2 is 1.80 bits per heavy atom. The normalized spacial score (nSPS) is 11.4. The molecular formula is C14H14BrNO3S. The van der Waals surface area contributed by atoms with Gasteiger partial charge in [-0.25, -0.2) is 13.1 Å². The first-order valence-electron chi connectivity index (χ1n) is 6.13. The molecule has 2 rings (SSSR count). The number of benzene rings is 2. The predicted octanol–water partition coefficient (Wildman–Crippen LogP) is 2.82. The predicted molar refractivity (Wildman–Crippen MR) is 82.3 cm³/mol. The molecule has 0 heterocycles. The van der Waals surface area contributed by atoms with Gasteiger partial charge in [0.1, 0.15) is 0 Å². The zero-order chi connectivity index (χ0) is 14.6. The van der Waals surface area contributed by atoms with E-state index in [0.717, 1.165) is 10.8 Å². The number of hydrogen-bond acceptors (Lipinski definition) is 3. The topological polar surface area (TPSA) is 63.2 Å². The smallest absolute Gasteiger partial charge is 0.264 e. The summed E-state index contributed by atoms with van der Waals surface area (Å²) < 4.78 is 26.3. The lowest BCUT2D eigenvalue weighted by molar-refractivity contribution is -0.119. The monoisotopic (exact) mass is 355 g/mol. The van der Waals surface area contributed by atoms with Gasteiger partial charge in [-0.1, -0.05) is 46.3 Å². The molecule has 2 aromatic carbocycles. The van der Waals surface area contributed by atoms with E-state index in [1.165, 1.54) is 6.07 Å². The van der Waals surface area contributed by atoms with Crippen molar-refractivity contribution < 1.29 is 13.2 Å². The van der Waals surface area contributed by atoms with Gasteiger partial charge in [-0.15, -0.1) is 0 Å². The van der Waals surface area contributed by atoms with E-state index in [1.54, 1.807) is 12.1 Å². The van der Waals surface area contributed by atoms with Crippen molar-refractivity contribution in [1.82, 2.24) is 4.72 Å². The second-order valence-corrected chi connectivity index (χ2v) is 6.81. The lowest BCUT2D eigenvalue weighted by Crippen LogP contribution is -2.30. The first-order valence-corrected chi connectivity index (χ1v) is 8.74. The van der Waals surface area contributed by atoms with Gasteiger partial charge in [-0.05, 0) is 29.3 Å². The van der Waals surface area contributed by atoms with Gasteiger partial charge in [0.2, 0.25) is 5.91 Å². The molecule has 1 N–H and O–H groups in total. The van der Waals surface area contributed by atoms with Crippen LogP contribution in [0.1, 0.15) is 12.8 Å². The van der Waals surface area contributed by atoms with E-state index in [4.69, 9.17) is 0 Å². The van der Waals surface area contributed by atoms with Gasteiger partial charge >= 0.3 is 0 Å². The molecule has 2 aromatic rings. The van der Waals surface area contributed by atoms with Gasteiger partial charge in [-0.3, -0.25) is 4.79 Å². The summed E-state index contributed by atoms with van der Waals surface area (Å²) in [5.74, 6) is -0.488. The highest BCUT2D eigenvalue weighted by Crippen LogP contribution is 2.18. The summed E-state index contributed by atoms with van der Waals surface area (Å²) >= 11 is 3.20. The van der Waals surface area contributed by atoms with Gasteiger partial charge in [-0.2, -0.15) is 0 Å². The average molecular weight is 356 g/mol. The van der Waals surface area contributed by atoms with E-state index in [0.29, 0.717) is 11.8 Å². The molecule has 0 aliphatic rings. The van der Waals surface area contributed by atoms with Gasteiger partial charge in [0.05, 0.1) is 4.90 Å². The minimum atomic E-state index is -3.80. The largest absolute Gasteiger partial charge is 0.274 e. The van der Waals surface area contributed by atoms with Crippen LogP contribution in [0.25, 0.3) is 10.8 Å². The van der Waals surface area contributed by atoms with E-state index in [-0.39, 0.29) is 11.3 Å². The summed E-state index contributed by atoms with van der Waals surface area (Å²) in [6.07, 6.45) is 0.775. The van der Waals surface area contributed by atoms with Crippen LogP contribution in [-0.2, 0) is 14.8 Å². The maximum atomic E-state index is 12.1. The highest BCUT2D eigenvalue weighted by Gasteiger charge is 2.17. The Bertz CT molecular complexity index is 728. The van der Waals surface area contributed by atoms with Crippen LogP contribution >= 0.6 is 15.9 Å². The highest BCUT2D eigenvalue weighted by molar-refractivity contribution is 9.09. The number of nitrogens with one attached hydrogen (secondary N) is 1. The number of fused-ring (bicyclic) bond motifs is 1. The number of rotatable bonds is 5. The fourth-order valence-electron chi connectivity index (χ4n) is 1.82. The molecule has 0 aromatic heterocycles. The third-order valence-corrected chi connectivity index (χ3v) is 4.75. The van der Waals surface area contributed by atoms with Crippen LogP contribution in [0.3, 0.4) is 0 Å². The summed E-state index contributed by atoms with van der Waals surface area (Å²) in [7, 11) is -3.80. The fourth-order valence-corrected chi connectivity index (χ4v) is 3.15. The molecule has 0 fully saturated rings. The van der Waals surface area contributed by atoms with E-state index in [9.17, 15) is 13.2 Å². The Morgan fingerprint density at radius 3 is 2.50 bits per heavy atom. The molecule has 20 heavy (non-hydrogen) atoms. The van der Waals surface area contributed by atoms with Crippen LogP contribution in [0.5, 0.6) is 0 Å². The van der Waals surface area contributed by atoms with Crippen molar-refractivity contribution in [2.45, 2.75) is 17.7 Å². The quantitative estimate of drug-likeness (QED) is 0.838. The Morgan fingerprint density at radius 1 is 1.10 bits per heavy atom. The summed E-state index contributed by atoms with van der Waals surface area (Å²) in [5.41, 5.74) is 0. The third kappa shape index (κ3) is 3.58. The van der Waals surface area contributed by atoms with Crippen molar-refractivity contribution in [3.63, 3.8) is 0 Å². The van der Waals surface area contributed by atoms with Gasteiger partial charge in [0.15, 0.2) is 0 Å².